The Bertz CT molecular complexity index is 555. The second-order valence-corrected chi connectivity index (χ2v) is 8.63. The van der Waals surface area contributed by atoms with Crippen molar-refractivity contribution in [1.82, 2.24) is 4.90 Å². The fourth-order valence-electron chi connectivity index (χ4n) is 4.70. The molecule has 3 fully saturated rings. The molecule has 0 unspecified atom stereocenters. The first-order valence-corrected chi connectivity index (χ1v) is 10.1. The van der Waals surface area contributed by atoms with Crippen LogP contribution in [-0.2, 0) is 9.47 Å². The molecular weight excluding hydrogens is 322 g/mol. The van der Waals surface area contributed by atoms with Gasteiger partial charge in [-0.2, -0.15) is 0 Å². The fraction of sp³-hybridized carbons (Fsp3) is 0.737. The van der Waals surface area contributed by atoms with E-state index in [-0.39, 0.29) is 11.3 Å². The van der Waals surface area contributed by atoms with E-state index in [1.165, 1.54) is 19.3 Å². The van der Waals surface area contributed by atoms with Crippen LogP contribution < -0.4 is 0 Å². The Morgan fingerprint density at radius 1 is 1.38 bits per heavy atom. The van der Waals surface area contributed by atoms with E-state index in [9.17, 15) is 4.79 Å². The predicted molar refractivity (Wildman–Crippen MR) is 94.4 cm³/mol. The number of carbonyl (C=O) groups is 1. The summed E-state index contributed by atoms with van der Waals surface area (Å²) in [7, 11) is 0. The molecule has 1 aromatic rings. The van der Waals surface area contributed by atoms with Crippen LogP contribution in [0.15, 0.2) is 17.5 Å². The molecule has 0 spiro atoms. The van der Waals surface area contributed by atoms with Crippen LogP contribution in [0.4, 0.5) is 0 Å². The zero-order valence-corrected chi connectivity index (χ0v) is 15.1. The third-order valence-corrected chi connectivity index (χ3v) is 7.00. The van der Waals surface area contributed by atoms with Gasteiger partial charge in [0.25, 0.3) is 5.91 Å². The summed E-state index contributed by atoms with van der Waals surface area (Å²) in [5.74, 6) is 1.49. The van der Waals surface area contributed by atoms with Crippen molar-refractivity contribution in [2.75, 3.05) is 39.5 Å². The minimum absolute atomic E-state index is 0.206. The molecule has 4 rings (SSSR count). The summed E-state index contributed by atoms with van der Waals surface area (Å²) >= 11 is 1.55. The number of hydrogen-bond acceptors (Lipinski definition) is 4. The lowest BCUT2D eigenvalue weighted by molar-refractivity contribution is -0.0123. The van der Waals surface area contributed by atoms with E-state index in [1.54, 1.807) is 11.3 Å². The number of rotatable bonds is 5. The highest BCUT2D eigenvalue weighted by Crippen LogP contribution is 2.49. The molecule has 3 aliphatic rings. The fourth-order valence-corrected chi connectivity index (χ4v) is 5.39. The molecule has 5 heteroatoms. The van der Waals surface area contributed by atoms with Crippen molar-refractivity contribution in [2.45, 2.75) is 32.1 Å². The molecule has 2 atom stereocenters. The molecule has 1 aromatic heterocycles. The van der Waals surface area contributed by atoms with Crippen molar-refractivity contribution in [2.24, 2.45) is 17.3 Å². The number of carbonyl (C=O) groups excluding carboxylic acids is 1. The zero-order valence-electron chi connectivity index (χ0n) is 14.2. The Labute approximate surface area is 148 Å². The van der Waals surface area contributed by atoms with Crippen LogP contribution >= 0.6 is 11.3 Å². The van der Waals surface area contributed by atoms with Gasteiger partial charge >= 0.3 is 0 Å². The standard InChI is InChI=1S/C19H27NO3S/c21-18(17-4-2-10-24-17)20-11-16-3-1-7-19(16,13-20)14-23-12-15-5-8-22-9-6-15/h2,4,10,15-16H,1,3,5-9,11-14H2/t16-,19+/m0/s1. The molecule has 0 N–H and O–H groups in total. The number of hydrogen-bond donors (Lipinski definition) is 0. The van der Waals surface area contributed by atoms with Crippen molar-refractivity contribution in [3.8, 4) is 0 Å². The maximum Gasteiger partial charge on any atom is 0.263 e. The number of fused-ring (bicyclic) bond motifs is 1. The van der Waals surface area contributed by atoms with Gasteiger partial charge in [0, 0.05) is 38.3 Å². The normalized spacial score (nSPS) is 30.7. The highest BCUT2D eigenvalue weighted by Gasteiger charge is 2.50. The summed E-state index contributed by atoms with van der Waals surface area (Å²) in [5.41, 5.74) is 0.206. The van der Waals surface area contributed by atoms with Crippen LogP contribution in [0.5, 0.6) is 0 Å². The summed E-state index contributed by atoms with van der Waals surface area (Å²) in [6.07, 6.45) is 5.99. The monoisotopic (exact) mass is 349 g/mol. The number of likely N-dealkylation sites (tertiary alicyclic amines) is 1. The summed E-state index contributed by atoms with van der Waals surface area (Å²) in [6, 6.07) is 3.90. The lowest BCUT2D eigenvalue weighted by Crippen LogP contribution is -2.35. The van der Waals surface area contributed by atoms with Gasteiger partial charge in [-0.3, -0.25) is 4.79 Å². The SMILES string of the molecule is O=C(c1cccs1)N1C[C@@H]2CCC[C@]2(COCC2CCOCC2)C1. The molecule has 0 aromatic carbocycles. The molecule has 0 bridgehead atoms. The Morgan fingerprint density at radius 2 is 2.25 bits per heavy atom. The number of amides is 1. The summed E-state index contributed by atoms with van der Waals surface area (Å²) in [4.78, 5) is 15.6. The van der Waals surface area contributed by atoms with E-state index in [1.807, 2.05) is 17.5 Å². The molecular formula is C19H27NO3S. The van der Waals surface area contributed by atoms with Crippen molar-refractivity contribution in [1.29, 1.82) is 0 Å². The maximum atomic E-state index is 12.7. The smallest absolute Gasteiger partial charge is 0.263 e. The molecule has 1 aliphatic carbocycles. The molecule has 1 amide bonds. The van der Waals surface area contributed by atoms with E-state index < -0.39 is 0 Å². The lowest BCUT2D eigenvalue weighted by Gasteiger charge is -2.30. The average Bonchev–Trinajstić information content (AvgIpc) is 3.31. The van der Waals surface area contributed by atoms with Gasteiger partial charge in [-0.25, -0.2) is 0 Å². The molecule has 2 aliphatic heterocycles. The van der Waals surface area contributed by atoms with E-state index in [0.29, 0.717) is 11.8 Å². The second-order valence-electron chi connectivity index (χ2n) is 7.69. The van der Waals surface area contributed by atoms with Crippen molar-refractivity contribution in [3.05, 3.63) is 22.4 Å². The molecule has 2 saturated heterocycles. The van der Waals surface area contributed by atoms with Gasteiger partial charge in [0.1, 0.15) is 0 Å². The topological polar surface area (TPSA) is 38.8 Å². The molecule has 1 saturated carbocycles. The van der Waals surface area contributed by atoms with E-state index in [0.717, 1.165) is 57.2 Å². The van der Waals surface area contributed by atoms with E-state index in [2.05, 4.69) is 4.90 Å². The minimum Gasteiger partial charge on any atom is -0.381 e. The quantitative estimate of drug-likeness (QED) is 0.817. The number of ether oxygens (including phenoxy) is 2. The highest BCUT2D eigenvalue weighted by molar-refractivity contribution is 7.12. The van der Waals surface area contributed by atoms with Crippen LogP contribution in [0.1, 0.15) is 41.8 Å². The van der Waals surface area contributed by atoms with Crippen LogP contribution in [-0.4, -0.2) is 50.3 Å². The maximum absolute atomic E-state index is 12.7. The molecule has 4 nitrogen and oxygen atoms in total. The highest BCUT2D eigenvalue weighted by atomic mass is 32.1. The Kier molecular flexibility index (Phi) is 4.93. The van der Waals surface area contributed by atoms with Crippen LogP contribution in [0.2, 0.25) is 0 Å². The van der Waals surface area contributed by atoms with Crippen LogP contribution in [0.25, 0.3) is 0 Å². The van der Waals surface area contributed by atoms with Crippen LogP contribution in [0.3, 0.4) is 0 Å². The molecule has 24 heavy (non-hydrogen) atoms. The van der Waals surface area contributed by atoms with Gasteiger partial charge in [0.2, 0.25) is 0 Å². The van der Waals surface area contributed by atoms with E-state index in [4.69, 9.17) is 9.47 Å². The summed E-state index contributed by atoms with van der Waals surface area (Å²) < 4.78 is 11.6. The molecule has 0 radical (unpaired) electrons. The first-order valence-electron chi connectivity index (χ1n) is 9.25. The Hall–Kier alpha value is -0.910. The zero-order chi connectivity index (χ0) is 16.4. The van der Waals surface area contributed by atoms with Crippen molar-refractivity contribution >= 4 is 17.2 Å². The summed E-state index contributed by atoms with van der Waals surface area (Å²) in [5, 5.41) is 1.98. The first kappa shape index (κ1) is 16.6. The summed E-state index contributed by atoms with van der Waals surface area (Å²) in [6.45, 7) is 5.23. The van der Waals surface area contributed by atoms with Crippen molar-refractivity contribution < 1.29 is 14.3 Å². The van der Waals surface area contributed by atoms with Crippen molar-refractivity contribution in [3.63, 3.8) is 0 Å². The predicted octanol–water partition coefficient (Wildman–Crippen LogP) is 3.43. The van der Waals surface area contributed by atoms with Gasteiger partial charge in [-0.15, -0.1) is 11.3 Å². The van der Waals surface area contributed by atoms with Gasteiger partial charge in [-0.1, -0.05) is 12.5 Å². The van der Waals surface area contributed by atoms with Gasteiger partial charge in [0.05, 0.1) is 11.5 Å². The van der Waals surface area contributed by atoms with Gasteiger partial charge < -0.3 is 14.4 Å². The second kappa shape index (κ2) is 7.14. The van der Waals surface area contributed by atoms with E-state index >= 15 is 0 Å². The van der Waals surface area contributed by atoms with Gasteiger partial charge in [-0.05, 0) is 49.0 Å². The van der Waals surface area contributed by atoms with Crippen LogP contribution in [0, 0.1) is 17.3 Å². The molecule has 132 valence electrons. The largest absolute Gasteiger partial charge is 0.381 e. The number of thiophene rings is 1. The third-order valence-electron chi connectivity index (χ3n) is 6.14. The molecule has 3 heterocycles. The van der Waals surface area contributed by atoms with Gasteiger partial charge in [0.15, 0.2) is 0 Å². The third kappa shape index (κ3) is 3.26. The Balaban J connectivity index is 1.35. The minimum atomic E-state index is 0.206. The number of nitrogens with zero attached hydrogens (tertiary/aromatic N) is 1. The Morgan fingerprint density at radius 3 is 3.04 bits per heavy atom. The lowest BCUT2D eigenvalue weighted by atomic mass is 9.81. The average molecular weight is 349 g/mol. The first-order chi connectivity index (χ1) is 11.8.